The average Bonchev–Trinajstić information content (AvgIpc) is 3.30. The molecule has 41 heavy (non-hydrogen) atoms. The number of nitrogens with zero attached hydrogens (tertiary/aromatic N) is 6. The van der Waals surface area contributed by atoms with Crippen LogP contribution in [0.3, 0.4) is 0 Å². The molecular formula is C29H34IN7O3S. The summed E-state index contributed by atoms with van der Waals surface area (Å²) in [5.41, 5.74) is 3.10. The largest absolute Gasteiger partial charge is 0.474 e. The highest BCUT2D eigenvalue weighted by atomic mass is 127. The number of amides is 1. The van der Waals surface area contributed by atoms with Gasteiger partial charge in [0, 0.05) is 78.4 Å². The Morgan fingerprint density at radius 1 is 1.20 bits per heavy atom. The second-order valence-corrected chi connectivity index (χ2v) is 13.0. The fourth-order valence-corrected chi connectivity index (χ4v) is 6.10. The molecule has 0 radical (unpaired) electrons. The fraction of sp³-hybridized carbons (Fsp3) is 0.414. The molecular weight excluding hydrogens is 653 g/mol. The number of fused-ring (bicyclic) bond motifs is 1. The molecule has 12 heteroatoms. The van der Waals surface area contributed by atoms with E-state index in [9.17, 15) is 4.79 Å². The van der Waals surface area contributed by atoms with Crippen LogP contribution in [0.25, 0.3) is 33.5 Å². The van der Waals surface area contributed by atoms with Crippen LogP contribution < -0.4 is 10.1 Å². The Kier molecular flexibility index (Phi) is 8.88. The monoisotopic (exact) mass is 687 g/mol. The van der Waals surface area contributed by atoms with Gasteiger partial charge in [0.2, 0.25) is 5.88 Å². The number of anilines is 1. The predicted octanol–water partition coefficient (Wildman–Crippen LogP) is 7.00. The molecule has 1 amide bonds. The van der Waals surface area contributed by atoms with Gasteiger partial charge in [0.15, 0.2) is 5.82 Å². The Morgan fingerprint density at radius 3 is 2.78 bits per heavy atom. The Morgan fingerprint density at radius 2 is 2.02 bits per heavy atom. The first-order valence-electron chi connectivity index (χ1n) is 13.6. The van der Waals surface area contributed by atoms with Crippen molar-refractivity contribution in [3.63, 3.8) is 0 Å². The standard InChI is InChI=1S/C29H34IN7O3S/c1-18(2)39-26-15-31-14-23(34-26)19-8-9-24-21(13-19)22(17-37(24)41-30)27-32-11-10-25(35-27)33-20-7-6-12-36(16-20)28(38)40-29(3,4)5/h8-11,13-15,17-18,20H,6-7,12,16H2,1-5H3,(H,32,33,35). The van der Waals surface area contributed by atoms with Crippen molar-refractivity contribution in [2.75, 3.05) is 18.4 Å². The second kappa shape index (κ2) is 12.4. The molecule has 4 heterocycles. The quantitative estimate of drug-likeness (QED) is 0.206. The highest BCUT2D eigenvalue weighted by Crippen LogP contribution is 2.36. The highest BCUT2D eigenvalue weighted by molar-refractivity contribution is 14.2. The molecule has 216 valence electrons. The SMILES string of the molecule is CC(C)Oc1cncc(-c2ccc3c(c2)c(-c2nccc(NC4CCCN(C(=O)OC(C)(C)C)C4)n2)cn3SI)n1. The Labute approximate surface area is 256 Å². The highest BCUT2D eigenvalue weighted by Gasteiger charge is 2.28. The van der Waals surface area contributed by atoms with Crippen molar-refractivity contribution in [2.24, 2.45) is 0 Å². The van der Waals surface area contributed by atoms with Crippen LogP contribution in [0, 0.1) is 0 Å². The minimum atomic E-state index is -0.522. The fourth-order valence-electron chi connectivity index (χ4n) is 4.75. The van der Waals surface area contributed by atoms with Crippen molar-refractivity contribution in [1.82, 2.24) is 28.8 Å². The van der Waals surface area contributed by atoms with Gasteiger partial charge in [-0.05, 0) is 65.7 Å². The van der Waals surface area contributed by atoms with Gasteiger partial charge in [-0.2, -0.15) is 0 Å². The van der Waals surface area contributed by atoms with E-state index in [1.165, 1.54) is 0 Å². The number of halogens is 1. The van der Waals surface area contributed by atoms with E-state index in [0.29, 0.717) is 24.8 Å². The molecule has 0 spiro atoms. The maximum Gasteiger partial charge on any atom is 0.410 e. The summed E-state index contributed by atoms with van der Waals surface area (Å²) in [5, 5.41) is 4.53. The van der Waals surface area contributed by atoms with E-state index in [4.69, 9.17) is 14.5 Å². The lowest BCUT2D eigenvalue weighted by Gasteiger charge is -2.34. The van der Waals surface area contributed by atoms with E-state index >= 15 is 0 Å². The topological polar surface area (TPSA) is 107 Å². The number of carbonyl (C=O) groups excluding carboxylic acids is 1. The van der Waals surface area contributed by atoms with Gasteiger partial charge in [-0.25, -0.2) is 19.7 Å². The first-order chi connectivity index (χ1) is 19.6. The van der Waals surface area contributed by atoms with Gasteiger partial charge in [0.25, 0.3) is 0 Å². The van der Waals surface area contributed by atoms with Crippen molar-refractivity contribution < 1.29 is 14.3 Å². The molecule has 1 fully saturated rings. The minimum absolute atomic E-state index is 0.00960. The zero-order valence-electron chi connectivity index (χ0n) is 23.8. The number of ether oxygens (including phenoxy) is 2. The zero-order valence-corrected chi connectivity index (χ0v) is 26.8. The summed E-state index contributed by atoms with van der Waals surface area (Å²) in [4.78, 5) is 32.9. The molecule has 10 nitrogen and oxygen atoms in total. The molecule has 0 saturated carbocycles. The van der Waals surface area contributed by atoms with Crippen LogP contribution in [0.4, 0.5) is 10.6 Å². The van der Waals surface area contributed by atoms with Crippen LogP contribution in [0.1, 0.15) is 47.5 Å². The number of rotatable bonds is 7. The summed E-state index contributed by atoms with van der Waals surface area (Å²) in [6, 6.07) is 8.14. The lowest BCUT2D eigenvalue weighted by atomic mass is 10.1. The number of likely N-dealkylation sites (tertiary alicyclic amines) is 1. The van der Waals surface area contributed by atoms with Crippen molar-refractivity contribution in [3.05, 3.63) is 49.1 Å². The summed E-state index contributed by atoms with van der Waals surface area (Å²) in [6.07, 6.45) is 8.75. The van der Waals surface area contributed by atoms with E-state index in [1.54, 1.807) is 32.6 Å². The van der Waals surface area contributed by atoms with Crippen LogP contribution in [-0.4, -0.2) is 65.7 Å². The van der Waals surface area contributed by atoms with Crippen LogP contribution >= 0.6 is 30.3 Å². The molecule has 1 aromatic carbocycles. The summed E-state index contributed by atoms with van der Waals surface area (Å²) >= 11 is 2.27. The van der Waals surface area contributed by atoms with E-state index < -0.39 is 5.60 Å². The van der Waals surface area contributed by atoms with Gasteiger partial charge in [-0.15, -0.1) is 0 Å². The third-order valence-electron chi connectivity index (χ3n) is 6.43. The Hall–Kier alpha value is -3.13. The maximum atomic E-state index is 12.6. The first-order valence-corrected chi connectivity index (χ1v) is 16.9. The van der Waals surface area contributed by atoms with Gasteiger partial charge in [0.05, 0.1) is 29.7 Å². The van der Waals surface area contributed by atoms with Crippen LogP contribution in [-0.2, 0) is 4.74 Å². The van der Waals surface area contributed by atoms with Gasteiger partial charge in [-0.3, -0.25) is 8.96 Å². The van der Waals surface area contributed by atoms with Crippen molar-refractivity contribution in [3.8, 4) is 28.5 Å². The minimum Gasteiger partial charge on any atom is -0.474 e. The average molecular weight is 688 g/mol. The molecule has 3 aromatic heterocycles. The molecule has 1 atom stereocenters. The lowest BCUT2D eigenvalue weighted by Crippen LogP contribution is -2.47. The number of aromatic nitrogens is 5. The van der Waals surface area contributed by atoms with Gasteiger partial charge in [-0.1, -0.05) is 6.07 Å². The molecule has 0 aliphatic carbocycles. The maximum absolute atomic E-state index is 12.6. The number of piperidine rings is 1. The molecule has 0 bridgehead atoms. The van der Waals surface area contributed by atoms with Gasteiger partial charge < -0.3 is 19.7 Å². The van der Waals surface area contributed by atoms with E-state index in [0.717, 1.165) is 46.4 Å². The molecule has 4 aromatic rings. The van der Waals surface area contributed by atoms with E-state index in [2.05, 4.69) is 63.8 Å². The van der Waals surface area contributed by atoms with Gasteiger partial charge in [0.1, 0.15) is 11.4 Å². The van der Waals surface area contributed by atoms with Crippen molar-refractivity contribution >= 4 is 53.1 Å². The van der Waals surface area contributed by atoms with Gasteiger partial charge >= 0.3 is 6.09 Å². The Balaban J connectivity index is 1.41. The molecule has 1 unspecified atom stereocenters. The van der Waals surface area contributed by atoms with E-state index in [1.807, 2.05) is 46.8 Å². The molecule has 5 rings (SSSR count). The summed E-state index contributed by atoms with van der Waals surface area (Å²) in [6.45, 7) is 10.8. The molecule has 1 N–H and O–H groups in total. The Bertz CT molecular complexity index is 1540. The first kappa shape index (κ1) is 29.4. The predicted molar refractivity (Wildman–Crippen MR) is 171 cm³/mol. The molecule has 1 saturated heterocycles. The van der Waals surface area contributed by atoms with Crippen molar-refractivity contribution in [2.45, 2.75) is 65.2 Å². The number of hydrogen-bond acceptors (Lipinski definition) is 9. The third-order valence-corrected chi connectivity index (χ3v) is 8.15. The zero-order chi connectivity index (χ0) is 29.1. The third kappa shape index (κ3) is 7.21. The second-order valence-electron chi connectivity index (χ2n) is 11.3. The van der Waals surface area contributed by atoms with Crippen LogP contribution in [0.15, 0.2) is 49.1 Å². The number of hydrogen-bond donors (Lipinski definition) is 1. The summed E-state index contributed by atoms with van der Waals surface area (Å²) in [5.74, 6) is 1.83. The summed E-state index contributed by atoms with van der Waals surface area (Å²) in [7, 11) is 1.58. The van der Waals surface area contributed by atoms with Crippen LogP contribution in [0.2, 0.25) is 0 Å². The number of carbonyl (C=O) groups is 1. The molecule has 1 aliphatic heterocycles. The smallest absolute Gasteiger partial charge is 0.410 e. The van der Waals surface area contributed by atoms with Crippen LogP contribution in [0.5, 0.6) is 5.88 Å². The van der Waals surface area contributed by atoms with Crippen molar-refractivity contribution in [1.29, 1.82) is 0 Å². The molecule has 1 aliphatic rings. The summed E-state index contributed by atoms with van der Waals surface area (Å²) < 4.78 is 13.4. The van der Waals surface area contributed by atoms with E-state index in [-0.39, 0.29) is 18.2 Å². The number of benzene rings is 1. The lowest BCUT2D eigenvalue weighted by molar-refractivity contribution is 0.0206. The number of nitrogens with one attached hydrogen (secondary N) is 1. The normalized spacial score (nSPS) is 15.8.